The van der Waals surface area contributed by atoms with Gasteiger partial charge in [-0.05, 0) is 21.0 Å². The molecule has 0 aliphatic carbocycles. The van der Waals surface area contributed by atoms with Crippen molar-refractivity contribution in [2.75, 3.05) is 20.7 Å². The lowest BCUT2D eigenvalue weighted by Crippen LogP contribution is -2.47. The number of rotatable bonds is 6. The minimum atomic E-state index is -4.59. The first kappa shape index (κ1) is 17.1. The van der Waals surface area contributed by atoms with E-state index in [1.165, 1.54) is 11.8 Å². The van der Waals surface area contributed by atoms with Crippen molar-refractivity contribution in [2.24, 2.45) is 0 Å². The molecule has 0 saturated heterocycles. The zero-order valence-electron chi connectivity index (χ0n) is 10.4. The number of aliphatic hydroxyl groups is 2. The van der Waals surface area contributed by atoms with Gasteiger partial charge in [0.05, 0.1) is 24.7 Å². The minimum Gasteiger partial charge on any atom is -0.456 e. The van der Waals surface area contributed by atoms with E-state index in [-0.39, 0.29) is 0 Å². The molecule has 0 unspecified atom stereocenters. The first-order valence-corrected chi connectivity index (χ1v) is 5.29. The van der Waals surface area contributed by atoms with E-state index in [2.05, 4.69) is 4.74 Å². The number of hydrogen-bond acceptors (Lipinski definition) is 5. The zero-order chi connectivity index (χ0) is 14.5. The summed E-state index contributed by atoms with van der Waals surface area (Å²) in [4.78, 5) is 12.5. The van der Waals surface area contributed by atoms with Gasteiger partial charge in [0.1, 0.15) is 0 Å². The van der Waals surface area contributed by atoms with Crippen LogP contribution in [0.3, 0.4) is 0 Å². The van der Waals surface area contributed by atoms with Gasteiger partial charge in [0.15, 0.2) is 6.61 Å². The van der Waals surface area contributed by atoms with Crippen LogP contribution in [0.5, 0.6) is 0 Å². The van der Waals surface area contributed by atoms with Crippen LogP contribution in [0.2, 0.25) is 0 Å². The molecule has 0 bridgehead atoms. The molecule has 0 radical (unpaired) electrons. The monoisotopic (exact) mass is 273 g/mol. The summed E-state index contributed by atoms with van der Waals surface area (Å²) in [5, 5.41) is 19.1. The zero-order valence-corrected chi connectivity index (χ0v) is 10.4. The fraction of sp³-hybridized carbons (Fsp3) is 0.900. The van der Waals surface area contributed by atoms with Crippen LogP contribution in [0.1, 0.15) is 13.3 Å². The van der Waals surface area contributed by atoms with Crippen molar-refractivity contribution in [1.82, 2.24) is 4.90 Å². The average molecular weight is 273 g/mol. The predicted molar refractivity (Wildman–Crippen MR) is 56.8 cm³/mol. The summed E-state index contributed by atoms with van der Waals surface area (Å²) in [6.07, 6.45) is -7.44. The Morgan fingerprint density at radius 1 is 1.33 bits per heavy atom. The number of carbonyl (C=O) groups is 1. The van der Waals surface area contributed by atoms with Gasteiger partial charge in [-0.1, -0.05) is 0 Å². The van der Waals surface area contributed by atoms with Crippen molar-refractivity contribution in [3.8, 4) is 0 Å². The van der Waals surface area contributed by atoms with Gasteiger partial charge in [-0.2, -0.15) is 13.2 Å². The quantitative estimate of drug-likeness (QED) is 0.674. The number of esters is 1. The fourth-order valence-corrected chi connectivity index (χ4v) is 1.61. The van der Waals surface area contributed by atoms with Crippen LogP contribution >= 0.6 is 0 Å². The second kappa shape index (κ2) is 6.91. The van der Waals surface area contributed by atoms with Crippen LogP contribution in [0, 0.1) is 0 Å². The lowest BCUT2D eigenvalue weighted by atomic mass is 10.0. The molecule has 0 aromatic heterocycles. The molecule has 3 atom stereocenters. The van der Waals surface area contributed by atoms with Crippen LogP contribution in [0.25, 0.3) is 0 Å². The molecule has 0 aliphatic heterocycles. The van der Waals surface area contributed by atoms with E-state index in [0.29, 0.717) is 0 Å². The molecule has 0 saturated carbocycles. The summed E-state index contributed by atoms with van der Waals surface area (Å²) < 4.78 is 39.3. The number of hydrogen-bond donors (Lipinski definition) is 2. The van der Waals surface area contributed by atoms with Gasteiger partial charge < -0.3 is 19.8 Å². The Bertz CT molecular complexity index is 260. The summed E-state index contributed by atoms with van der Waals surface area (Å²) in [6.45, 7) is -0.269. The largest absolute Gasteiger partial charge is 0.456 e. The molecule has 18 heavy (non-hydrogen) atoms. The third-order valence-electron chi connectivity index (χ3n) is 2.26. The molecule has 0 amide bonds. The molecule has 0 aliphatic rings. The third kappa shape index (κ3) is 6.77. The van der Waals surface area contributed by atoms with Crippen molar-refractivity contribution in [2.45, 2.75) is 37.8 Å². The lowest BCUT2D eigenvalue weighted by Gasteiger charge is -2.30. The number of carbonyl (C=O) groups excluding carboxylic acids is 1. The molecule has 0 aromatic rings. The van der Waals surface area contributed by atoms with E-state index in [1.54, 1.807) is 14.1 Å². The van der Waals surface area contributed by atoms with Crippen molar-refractivity contribution >= 4 is 5.97 Å². The van der Waals surface area contributed by atoms with E-state index in [0.717, 1.165) is 0 Å². The maximum atomic E-state index is 11.8. The SMILES string of the molecule is C[C@H](O)[C@H]([C@@H](O)CC(=O)OCC(F)(F)F)N(C)C. The Labute approximate surface area is 103 Å². The van der Waals surface area contributed by atoms with E-state index < -0.39 is 43.4 Å². The first-order chi connectivity index (χ1) is 8.04. The van der Waals surface area contributed by atoms with Gasteiger partial charge >= 0.3 is 12.1 Å². The van der Waals surface area contributed by atoms with Gasteiger partial charge in [-0.3, -0.25) is 4.79 Å². The molecule has 0 fully saturated rings. The predicted octanol–water partition coefficient (Wildman–Crippen LogP) is 0.154. The standard InChI is InChI=1S/C10H18F3NO4/c1-6(15)9(14(2)3)7(16)4-8(17)18-5-10(11,12)13/h6-7,9,15-16H,4-5H2,1-3H3/t6-,7-,9+/m0/s1. The summed E-state index contributed by atoms with van der Waals surface area (Å²) in [5.74, 6) is -1.16. The molecule has 0 spiro atoms. The van der Waals surface area contributed by atoms with Gasteiger partial charge in [0.25, 0.3) is 0 Å². The molecule has 0 rings (SSSR count). The number of ether oxygens (including phenoxy) is 1. The van der Waals surface area contributed by atoms with E-state index in [4.69, 9.17) is 0 Å². The van der Waals surface area contributed by atoms with Gasteiger partial charge in [0.2, 0.25) is 0 Å². The number of aliphatic hydroxyl groups excluding tert-OH is 2. The van der Waals surface area contributed by atoms with Crippen LogP contribution in [0.4, 0.5) is 13.2 Å². The molecule has 8 heteroatoms. The molecule has 0 heterocycles. The van der Waals surface area contributed by atoms with Crippen LogP contribution in [-0.4, -0.2) is 66.2 Å². The van der Waals surface area contributed by atoms with Crippen molar-refractivity contribution in [3.63, 3.8) is 0 Å². The van der Waals surface area contributed by atoms with Crippen LogP contribution in [0.15, 0.2) is 0 Å². The van der Waals surface area contributed by atoms with E-state index in [9.17, 15) is 28.2 Å². The van der Waals surface area contributed by atoms with Gasteiger partial charge in [-0.25, -0.2) is 0 Å². The maximum absolute atomic E-state index is 11.8. The average Bonchev–Trinajstić information content (AvgIpc) is 2.11. The first-order valence-electron chi connectivity index (χ1n) is 5.29. The fourth-order valence-electron chi connectivity index (χ4n) is 1.61. The second-order valence-electron chi connectivity index (χ2n) is 4.24. The Kier molecular flexibility index (Phi) is 6.58. The topological polar surface area (TPSA) is 70.0 Å². The van der Waals surface area contributed by atoms with Crippen molar-refractivity contribution in [1.29, 1.82) is 0 Å². The van der Waals surface area contributed by atoms with Crippen LogP contribution in [-0.2, 0) is 9.53 Å². The van der Waals surface area contributed by atoms with E-state index >= 15 is 0 Å². The maximum Gasteiger partial charge on any atom is 0.422 e. The summed E-state index contributed by atoms with van der Waals surface area (Å²) >= 11 is 0. The number of alkyl halides is 3. The molecule has 0 aromatic carbocycles. The number of likely N-dealkylation sites (N-methyl/N-ethyl adjacent to an activating group) is 1. The van der Waals surface area contributed by atoms with Gasteiger partial charge in [0, 0.05) is 0 Å². The van der Waals surface area contributed by atoms with Crippen molar-refractivity contribution < 1.29 is 32.9 Å². The smallest absolute Gasteiger partial charge is 0.422 e. The van der Waals surface area contributed by atoms with Crippen LogP contribution < -0.4 is 0 Å². The molecule has 5 nitrogen and oxygen atoms in total. The Balaban J connectivity index is 4.29. The lowest BCUT2D eigenvalue weighted by molar-refractivity contribution is -0.188. The normalized spacial score (nSPS) is 17.4. The highest BCUT2D eigenvalue weighted by molar-refractivity contribution is 5.70. The minimum absolute atomic E-state index is 0.607. The van der Waals surface area contributed by atoms with Gasteiger partial charge in [-0.15, -0.1) is 0 Å². The molecule has 2 N–H and O–H groups in total. The summed E-state index contributed by atoms with van der Waals surface area (Å²) in [7, 11) is 3.14. The summed E-state index contributed by atoms with van der Waals surface area (Å²) in [5.41, 5.74) is 0. The number of nitrogens with zero attached hydrogens (tertiary/aromatic N) is 1. The molecular weight excluding hydrogens is 255 g/mol. The Morgan fingerprint density at radius 2 is 1.83 bits per heavy atom. The molecular formula is C10H18F3NO4. The highest BCUT2D eigenvalue weighted by atomic mass is 19.4. The second-order valence-corrected chi connectivity index (χ2v) is 4.24. The van der Waals surface area contributed by atoms with E-state index in [1.807, 2.05) is 0 Å². The number of halogens is 3. The highest BCUT2D eigenvalue weighted by Crippen LogP contribution is 2.16. The Morgan fingerprint density at radius 3 is 2.17 bits per heavy atom. The Hall–Kier alpha value is -0.860. The molecule has 108 valence electrons. The highest BCUT2D eigenvalue weighted by Gasteiger charge is 2.32. The third-order valence-corrected chi connectivity index (χ3v) is 2.26. The summed E-state index contributed by atoms with van der Waals surface area (Å²) in [6, 6.07) is -0.761. The van der Waals surface area contributed by atoms with Crippen molar-refractivity contribution in [3.05, 3.63) is 0 Å².